The van der Waals surface area contributed by atoms with Crippen LogP contribution in [0.15, 0.2) is 48.8 Å². The molecule has 1 aromatic carbocycles. The normalized spacial score (nSPS) is 12.3. The molecule has 0 aliphatic rings. The third kappa shape index (κ3) is 3.63. The largest absolute Gasteiger partial charge is 0.508 e. The Morgan fingerprint density at radius 1 is 1.25 bits per heavy atom. The molecule has 2 N–H and O–H groups in total. The van der Waals surface area contributed by atoms with Gasteiger partial charge in [-0.05, 0) is 36.6 Å². The van der Waals surface area contributed by atoms with Crippen LogP contribution in [-0.4, -0.2) is 15.6 Å². The number of phenols is 1. The molecule has 0 saturated carbocycles. The van der Waals surface area contributed by atoms with Crippen LogP contribution in [0.3, 0.4) is 0 Å². The van der Waals surface area contributed by atoms with Crippen LogP contribution in [0.25, 0.3) is 0 Å². The molecule has 106 valence electrons. The molecule has 4 nitrogen and oxygen atoms in total. The molecule has 0 radical (unpaired) electrons. The van der Waals surface area contributed by atoms with Gasteiger partial charge in [-0.3, -0.25) is 4.79 Å². The second kappa shape index (κ2) is 6.28. The van der Waals surface area contributed by atoms with E-state index in [-0.39, 0.29) is 17.7 Å². The molecule has 1 atom stereocenters. The van der Waals surface area contributed by atoms with E-state index in [1.54, 1.807) is 24.3 Å². The topological polar surface area (TPSA) is 54.3 Å². The quantitative estimate of drug-likeness (QED) is 0.876. The van der Waals surface area contributed by atoms with E-state index in [9.17, 15) is 9.90 Å². The molecule has 0 saturated heterocycles. The van der Waals surface area contributed by atoms with Crippen molar-refractivity contribution in [2.45, 2.75) is 26.3 Å². The van der Waals surface area contributed by atoms with Gasteiger partial charge in [0, 0.05) is 24.1 Å². The summed E-state index contributed by atoms with van der Waals surface area (Å²) in [7, 11) is 0. The average Bonchev–Trinajstić information content (AvgIpc) is 2.89. The zero-order valence-corrected chi connectivity index (χ0v) is 11.8. The summed E-state index contributed by atoms with van der Waals surface area (Å²) >= 11 is 0. The van der Waals surface area contributed by atoms with E-state index in [2.05, 4.69) is 19.2 Å². The van der Waals surface area contributed by atoms with Gasteiger partial charge in [0.25, 0.3) is 0 Å². The van der Waals surface area contributed by atoms with E-state index < -0.39 is 0 Å². The van der Waals surface area contributed by atoms with Crippen molar-refractivity contribution in [2.24, 2.45) is 5.92 Å². The number of hydrogen-bond acceptors (Lipinski definition) is 2. The Morgan fingerprint density at radius 2 is 1.95 bits per heavy atom. The number of anilines is 1. The van der Waals surface area contributed by atoms with E-state index in [0.29, 0.717) is 11.6 Å². The van der Waals surface area contributed by atoms with Gasteiger partial charge in [-0.2, -0.15) is 0 Å². The third-order valence-corrected chi connectivity index (χ3v) is 3.10. The van der Waals surface area contributed by atoms with Crippen LogP contribution in [0.5, 0.6) is 5.75 Å². The third-order valence-electron chi connectivity index (χ3n) is 3.10. The van der Waals surface area contributed by atoms with Crippen molar-refractivity contribution in [3.8, 4) is 5.75 Å². The van der Waals surface area contributed by atoms with Crippen molar-refractivity contribution in [2.75, 3.05) is 5.32 Å². The summed E-state index contributed by atoms with van der Waals surface area (Å²) in [6.45, 7) is 4.19. The predicted octanol–water partition coefficient (Wildman–Crippen LogP) is 3.42. The Bertz CT molecular complexity index is 562. The summed E-state index contributed by atoms with van der Waals surface area (Å²) in [6.07, 6.45) is 4.56. The van der Waals surface area contributed by atoms with Crippen LogP contribution in [0.2, 0.25) is 0 Å². The molecule has 1 heterocycles. The highest BCUT2D eigenvalue weighted by molar-refractivity contribution is 5.93. The van der Waals surface area contributed by atoms with Gasteiger partial charge in [-0.25, -0.2) is 0 Å². The Labute approximate surface area is 119 Å². The lowest BCUT2D eigenvalue weighted by Crippen LogP contribution is -2.26. The molecular formula is C16H20N2O2. The highest BCUT2D eigenvalue weighted by Crippen LogP contribution is 2.21. The fourth-order valence-electron chi connectivity index (χ4n) is 2.18. The molecule has 1 aromatic heterocycles. The SMILES string of the molecule is CC(C)C[C@@H](C(=O)Nc1cccc(O)c1)n1cccc1. The minimum atomic E-state index is -0.243. The van der Waals surface area contributed by atoms with Crippen molar-refractivity contribution >= 4 is 11.6 Å². The van der Waals surface area contributed by atoms with Crippen molar-refractivity contribution in [1.82, 2.24) is 4.57 Å². The number of benzene rings is 1. The first-order chi connectivity index (χ1) is 9.56. The lowest BCUT2D eigenvalue weighted by molar-refractivity contribution is -0.119. The second-order valence-corrected chi connectivity index (χ2v) is 5.32. The predicted molar refractivity (Wildman–Crippen MR) is 79.7 cm³/mol. The molecule has 2 aromatic rings. The summed E-state index contributed by atoms with van der Waals surface area (Å²) in [4.78, 5) is 12.4. The molecule has 0 fully saturated rings. The standard InChI is InChI=1S/C16H20N2O2/c1-12(2)10-15(18-8-3-4-9-18)16(20)17-13-6-5-7-14(19)11-13/h3-9,11-12,15,19H,10H2,1-2H3,(H,17,20)/t15-/m0/s1. The highest BCUT2D eigenvalue weighted by atomic mass is 16.3. The number of carbonyl (C=O) groups excluding carboxylic acids is 1. The summed E-state index contributed by atoms with van der Waals surface area (Å²) in [5.74, 6) is 0.488. The summed E-state index contributed by atoms with van der Waals surface area (Å²) < 4.78 is 1.91. The first-order valence-electron chi connectivity index (χ1n) is 6.78. The van der Waals surface area contributed by atoms with Gasteiger partial charge in [0.15, 0.2) is 0 Å². The number of rotatable bonds is 5. The van der Waals surface area contributed by atoms with Gasteiger partial charge in [-0.1, -0.05) is 19.9 Å². The number of phenolic OH excluding ortho intramolecular Hbond substituents is 1. The molecular weight excluding hydrogens is 252 g/mol. The number of aromatic hydroxyl groups is 1. The van der Waals surface area contributed by atoms with Crippen LogP contribution in [0.1, 0.15) is 26.3 Å². The lowest BCUT2D eigenvalue weighted by Gasteiger charge is -2.20. The minimum absolute atomic E-state index is 0.0690. The molecule has 2 rings (SSSR count). The smallest absolute Gasteiger partial charge is 0.247 e. The summed E-state index contributed by atoms with van der Waals surface area (Å²) in [5.41, 5.74) is 0.607. The molecule has 0 bridgehead atoms. The molecule has 1 amide bonds. The fourth-order valence-corrected chi connectivity index (χ4v) is 2.18. The van der Waals surface area contributed by atoms with E-state index >= 15 is 0 Å². The van der Waals surface area contributed by atoms with Crippen molar-refractivity contribution in [3.63, 3.8) is 0 Å². The van der Waals surface area contributed by atoms with Crippen LogP contribution >= 0.6 is 0 Å². The van der Waals surface area contributed by atoms with Crippen LogP contribution in [-0.2, 0) is 4.79 Å². The molecule has 0 unspecified atom stereocenters. The first kappa shape index (κ1) is 14.2. The average molecular weight is 272 g/mol. The number of carbonyl (C=O) groups is 1. The van der Waals surface area contributed by atoms with E-state index in [1.165, 1.54) is 0 Å². The van der Waals surface area contributed by atoms with Gasteiger partial charge >= 0.3 is 0 Å². The first-order valence-corrected chi connectivity index (χ1v) is 6.78. The van der Waals surface area contributed by atoms with Crippen molar-refractivity contribution in [3.05, 3.63) is 48.8 Å². The van der Waals surface area contributed by atoms with Gasteiger partial charge < -0.3 is 15.0 Å². The maximum absolute atomic E-state index is 12.4. The molecule has 4 heteroatoms. The van der Waals surface area contributed by atoms with Gasteiger partial charge in [0.2, 0.25) is 5.91 Å². The maximum Gasteiger partial charge on any atom is 0.247 e. The number of nitrogens with one attached hydrogen (secondary N) is 1. The lowest BCUT2D eigenvalue weighted by atomic mass is 10.0. The van der Waals surface area contributed by atoms with E-state index in [4.69, 9.17) is 0 Å². The van der Waals surface area contributed by atoms with E-state index in [0.717, 1.165) is 6.42 Å². The zero-order valence-electron chi connectivity index (χ0n) is 11.8. The number of nitrogens with zero attached hydrogens (tertiary/aromatic N) is 1. The van der Waals surface area contributed by atoms with Gasteiger partial charge in [-0.15, -0.1) is 0 Å². The monoisotopic (exact) mass is 272 g/mol. The van der Waals surface area contributed by atoms with Crippen molar-refractivity contribution in [1.29, 1.82) is 0 Å². The number of aromatic nitrogens is 1. The Kier molecular flexibility index (Phi) is 4.45. The second-order valence-electron chi connectivity index (χ2n) is 5.32. The molecule has 20 heavy (non-hydrogen) atoms. The Morgan fingerprint density at radius 3 is 2.55 bits per heavy atom. The van der Waals surface area contributed by atoms with Crippen LogP contribution < -0.4 is 5.32 Å². The van der Waals surface area contributed by atoms with Gasteiger partial charge in [0.05, 0.1) is 0 Å². The Hall–Kier alpha value is -2.23. The summed E-state index contributed by atoms with van der Waals surface area (Å²) in [5, 5.41) is 12.3. The molecule has 0 aliphatic heterocycles. The van der Waals surface area contributed by atoms with E-state index in [1.807, 2.05) is 29.1 Å². The maximum atomic E-state index is 12.4. The number of hydrogen-bond donors (Lipinski definition) is 2. The van der Waals surface area contributed by atoms with Crippen LogP contribution in [0.4, 0.5) is 5.69 Å². The number of amides is 1. The van der Waals surface area contributed by atoms with Crippen molar-refractivity contribution < 1.29 is 9.90 Å². The highest BCUT2D eigenvalue weighted by Gasteiger charge is 2.21. The molecule has 0 aliphatic carbocycles. The van der Waals surface area contributed by atoms with Gasteiger partial charge in [0.1, 0.15) is 11.8 Å². The summed E-state index contributed by atoms with van der Waals surface area (Å²) in [6, 6.07) is 10.2. The minimum Gasteiger partial charge on any atom is -0.508 e. The Balaban J connectivity index is 2.14. The molecule has 0 spiro atoms. The zero-order chi connectivity index (χ0) is 14.5. The fraction of sp³-hybridized carbons (Fsp3) is 0.312. The van der Waals surface area contributed by atoms with Crippen LogP contribution in [0, 0.1) is 5.92 Å².